The fourth-order valence-electron chi connectivity index (χ4n) is 7.01. The molecule has 0 aliphatic carbocycles. The number of nitrogens with one attached hydrogen (secondary N) is 1. The maximum atomic E-state index is 13.8. The average Bonchev–Trinajstić information content (AvgIpc) is 3.96. The van der Waals surface area contributed by atoms with Crippen molar-refractivity contribution in [2.45, 2.75) is 76.4 Å². The lowest BCUT2D eigenvalue weighted by Gasteiger charge is -2.38. The molecule has 2 aliphatic rings. The van der Waals surface area contributed by atoms with E-state index in [2.05, 4.69) is 56.5 Å². The van der Waals surface area contributed by atoms with E-state index >= 15 is 0 Å². The van der Waals surface area contributed by atoms with Gasteiger partial charge in [0.15, 0.2) is 16.9 Å². The number of aliphatic carboxylic acids is 2. The number of aromatic nitrogens is 12. The van der Waals surface area contributed by atoms with E-state index in [1.807, 2.05) is 6.07 Å². The number of fused-ring (bicyclic) bond motifs is 5. The number of rotatable bonds is 10. The number of piperidine rings is 1. The maximum Gasteiger partial charge on any atom is 0.414 e. The fraction of sp³-hybridized carbons (Fsp3) is 0.378. The molecule has 2 unspecified atom stereocenters. The average molecular weight is 998 g/mol. The molecular weight excluding hydrogens is 960 g/mol. The molecule has 1 aromatic carbocycles. The van der Waals surface area contributed by atoms with Crippen LogP contribution in [0, 0.1) is 5.82 Å². The van der Waals surface area contributed by atoms with Crippen LogP contribution in [0.3, 0.4) is 0 Å². The molecule has 7 aromatic rings. The van der Waals surface area contributed by atoms with Gasteiger partial charge in [-0.15, -0.1) is 25.5 Å². The third kappa shape index (κ3) is 12.1. The van der Waals surface area contributed by atoms with Crippen molar-refractivity contribution in [1.82, 2.24) is 63.5 Å². The number of carboxylic acid groups (broad SMARTS) is 2. The minimum absolute atomic E-state index is 0.172. The molecule has 2 bridgehead atoms. The highest BCUT2D eigenvalue weighted by atomic mass is 79.9. The number of H-pyrrole nitrogens is 1. The third-order valence-electron chi connectivity index (χ3n) is 9.80. The van der Waals surface area contributed by atoms with Crippen LogP contribution in [-0.2, 0) is 34.0 Å². The zero-order valence-corrected chi connectivity index (χ0v) is 36.7. The summed E-state index contributed by atoms with van der Waals surface area (Å²) >= 11 is 20.4. The summed E-state index contributed by atoms with van der Waals surface area (Å²) in [6, 6.07) is 17.5. The second-order valence-corrected chi connectivity index (χ2v) is 15.9. The Morgan fingerprint density at radius 1 is 0.714 bits per heavy atom. The highest BCUT2D eigenvalue weighted by Crippen LogP contribution is 2.37. The molecule has 26 heteroatoms. The molecule has 9 rings (SSSR count). The van der Waals surface area contributed by atoms with Gasteiger partial charge in [-0.1, -0.05) is 68.9 Å². The number of hydrogen-bond acceptors (Lipinski definition) is 13. The zero-order chi connectivity index (χ0) is 45.2. The highest BCUT2D eigenvalue weighted by Gasteiger charge is 2.40. The third-order valence-corrected chi connectivity index (χ3v) is 11.0. The van der Waals surface area contributed by atoms with Gasteiger partial charge in [0.05, 0.1) is 12.7 Å². The van der Waals surface area contributed by atoms with Crippen molar-refractivity contribution in [3.8, 4) is 0 Å². The normalized spacial score (nSPS) is 16.8. The number of halogens is 5. The van der Waals surface area contributed by atoms with Gasteiger partial charge in [-0.2, -0.15) is 18.6 Å². The van der Waals surface area contributed by atoms with Gasteiger partial charge in [-0.3, -0.25) is 4.90 Å². The van der Waals surface area contributed by atoms with E-state index < -0.39 is 11.9 Å². The van der Waals surface area contributed by atoms with Gasteiger partial charge in [-0.25, -0.2) is 42.8 Å². The first-order valence-electron chi connectivity index (χ1n) is 19.2. The Hall–Kier alpha value is -5.59. The SMILES string of the molecule is O=C(O)C(=O)O.O=c1[nH]nc2ccc(Cl)nn12.O=c1n(CCCBr)nc2ccc(Cl)nn12.O=c1n(CCCN2C3CCC2CC(OCc2ccccc2F)C3)nc2ccc(Cl)nn12. The molecule has 8 heterocycles. The maximum absolute atomic E-state index is 13.8. The molecule has 2 atom stereocenters. The van der Waals surface area contributed by atoms with Crippen molar-refractivity contribution in [2.24, 2.45) is 0 Å². The van der Waals surface area contributed by atoms with E-state index in [1.165, 1.54) is 37.3 Å². The molecule has 2 aliphatic heterocycles. The molecule has 2 saturated heterocycles. The van der Waals surface area contributed by atoms with Crippen LogP contribution >= 0.6 is 50.7 Å². The van der Waals surface area contributed by atoms with Crippen LogP contribution in [0.5, 0.6) is 0 Å². The molecule has 3 N–H and O–H groups in total. The second kappa shape index (κ2) is 21.7. The summed E-state index contributed by atoms with van der Waals surface area (Å²) in [5.41, 5.74) is 1.18. The van der Waals surface area contributed by atoms with Gasteiger partial charge >= 0.3 is 29.0 Å². The molecule has 334 valence electrons. The lowest BCUT2D eigenvalue weighted by molar-refractivity contribution is -0.159. The molecule has 0 spiro atoms. The number of benzene rings is 1. The van der Waals surface area contributed by atoms with E-state index in [0.29, 0.717) is 54.3 Å². The minimum Gasteiger partial charge on any atom is -0.473 e. The molecule has 0 radical (unpaired) electrons. The summed E-state index contributed by atoms with van der Waals surface area (Å²) in [6.07, 6.45) is 6.14. The Morgan fingerprint density at radius 2 is 1.22 bits per heavy atom. The Labute approximate surface area is 377 Å². The van der Waals surface area contributed by atoms with Crippen LogP contribution in [0.1, 0.15) is 44.1 Å². The monoisotopic (exact) mass is 995 g/mol. The highest BCUT2D eigenvalue weighted by molar-refractivity contribution is 9.09. The van der Waals surface area contributed by atoms with Crippen LogP contribution in [-0.4, -0.2) is 116 Å². The van der Waals surface area contributed by atoms with E-state index in [4.69, 9.17) is 59.3 Å². The standard InChI is InChI=1S/C22H25ClFN5O2.C8H8BrClN4O.C5H3ClN4O.C2H2O4/c23-20-8-9-21-26-28(22(30)29(21)25-20)11-3-10-27-16-6-7-17(27)13-18(12-16)31-14-15-4-1-2-5-19(15)24;9-4-1-5-13-8(15)14-7(12-13)3-2-6(10)11-14;6-3-1-2-4-7-8-5(11)10(4)9-3;3-1(4)2(5)6/h1-2,4-5,8-9,16-18H,3,6-7,10-14H2;2-3H,1,4-5H2;1-2H,(H,8,11);(H,3,4)(H,5,6). The zero-order valence-electron chi connectivity index (χ0n) is 32.9. The van der Waals surface area contributed by atoms with Crippen molar-refractivity contribution in [1.29, 1.82) is 0 Å². The minimum atomic E-state index is -1.82. The van der Waals surface area contributed by atoms with Crippen LogP contribution < -0.4 is 17.1 Å². The lowest BCUT2D eigenvalue weighted by Crippen LogP contribution is -2.46. The van der Waals surface area contributed by atoms with Crippen molar-refractivity contribution in [3.05, 3.63) is 119 Å². The molecule has 0 amide bonds. The Balaban J connectivity index is 0.000000170. The molecular formula is C37H38BrCl3FN13O8. The van der Waals surface area contributed by atoms with Gasteiger partial charge in [-0.05, 0) is 81.0 Å². The first-order valence-corrected chi connectivity index (χ1v) is 21.5. The van der Waals surface area contributed by atoms with Crippen molar-refractivity contribution >= 4 is 79.6 Å². The molecule has 2 fully saturated rings. The van der Waals surface area contributed by atoms with E-state index in [-0.39, 0.29) is 44.4 Å². The largest absolute Gasteiger partial charge is 0.473 e. The summed E-state index contributed by atoms with van der Waals surface area (Å²) < 4.78 is 26.3. The fourth-order valence-corrected chi connectivity index (χ4v) is 7.67. The van der Waals surface area contributed by atoms with Crippen LogP contribution in [0.25, 0.3) is 16.9 Å². The first-order chi connectivity index (χ1) is 30.2. The summed E-state index contributed by atoms with van der Waals surface area (Å²) in [6.45, 7) is 2.36. The summed E-state index contributed by atoms with van der Waals surface area (Å²) in [5.74, 6) is -3.85. The summed E-state index contributed by atoms with van der Waals surface area (Å²) in [4.78, 5) is 55.8. The number of carboxylic acids is 2. The van der Waals surface area contributed by atoms with E-state index in [1.54, 1.807) is 48.5 Å². The second-order valence-electron chi connectivity index (χ2n) is 13.9. The van der Waals surface area contributed by atoms with Gasteiger partial charge < -0.3 is 14.9 Å². The number of ether oxygens (including phenoxy) is 1. The molecule has 6 aromatic heterocycles. The Morgan fingerprint density at radius 3 is 1.75 bits per heavy atom. The van der Waals surface area contributed by atoms with Crippen LogP contribution in [0.2, 0.25) is 15.5 Å². The summed E-state index contributed by atoms with van der Waals surface area (Å²) in [7, 11) is 0. The smallest absolute Gasteiger partial charge is 0.414 e. The quantitative estimate of drug-likeness (QED) is 0.130. The van der Waals surface area contributed by atoms with E-state index in [9.17, 15) is 18.8 Å². The van der Waals surface area contributed by atoms with Gasteiger partial charge in [0.1, 0.15) is 21.3 Å². The van der Waals surface area contributed by atoms with Crippen LogP contribution in [0.15, 0.2) is 75.0 Å². The van der Waals surface area contributed by atoms with Crippen molar-refractivity contribution < 1.29 is 28.9 Å². The van der Waals surface area contributed by atoms with E-state index in [0.717, 1.165) is 42.1 Å². The van der Waals surface area contributed by atoms with Crippen molar-refractivity contribution in [3.63, 3.8) is 0 Å². The number of aryl methyl sites for hydroxylation is 2. The summed E-state index contributed by atoms with van der Waals surface area (Å²) in [5, 5.41) is 42.4. The number of alkyl halides is 1. The number of aromatic amines is 1. The topological polar surface area (TPSA) is 254 Å². The van der Waals surface area contributed by atoms with Gasteiger partial charge in [0, 0.05) is 42.6 Å². The Kier molecular flexibility index (Phi) is 16.1. The molecule has 0 saturated carbocycles. The Bertz CT molecular complexity index is 2860. The lowest BCUT2D eigenvalue weighted by atomic mass is 9.99. The first kappa shape index (κ1) is 46.9. The number of nitrogens with zero attached hydrogens (tertiary/aromatic N) is 12. The van der Waals surface area contributed by atoms with Crippen molar-refractivity contribution in [2.75, 3.05) is 11.9 Å². The van der Waals surface area contributed by atoms with Gasteiger partial charge in [0.25, 0.3) is 0 Å². The number of hydrogen-bond donors (Lipinski definition) is 3. The number of carbonyl (C=O) groups is 2. The predicted octanol–water partition coefficient (Wildman–Crippen LogP) is 3.84. The van der Waals surface area contributed by atoms with Gasteiger partial charge in [0.2, 0.25) is 0 Å². The predicted molar refractivity (Wildman–Crippen MR) is 229 cm³/mol. The van der Waals surface area contributed by atoms with Crippen LogP contribution in [0.4, 0.5) is 4.39 Å². The molecule has 21 nitrogen and oxygen atoms in total. The molecule has 63 heavy (non-hydrogen) atoms.